The Morgan fingerprint density at radius 3 is 2.28 bits per heavy atom. The molecule has 0 atom stereocenters. The standard InChI is InChI=1S/C16H11NO4S3.Na/c18-15-13(10-11-6-4-5-9-14(11)24(19,20)21)23-16(22)17(15)12-7-2-1-3-8-12;/h1-10H,(H,19,20,21);/q;+1/b13-10+;. The smallest absolute Gasteiger partial charge is 0.282 e. The van der Waals surface area contributed by atoms with Crippen molar-refractivity contribution in [2.24, 2.45) is 0 Å². The van der Waals surface area contributed by atoms with Crippen molar-refractivity contribution in [2.45, 2.75) is 4.90 Å². The van der Waals surface area contributed by atoms with E-state index >= 15 is 0 Å². The molecule has 1 amide bonds. The predicted molar refractivity (Wildman–Crippen MR) is 98.4 cm³/mol. The Balaban J connectivity index is 0.00000225. The molecule has 0 saturated carbocycles. The van der Waals surface area contributed by atoms with Crippen LogP contribution in [0, 0.1) is 0 Å². The van der Waals surface area contributed by atoms with E-state index in [2.05, 4.69) is 0 Å². The topological polar surface area (TPSA) is 74.7 Å². The zero-order valence-electron chi connectivity index (χ0n) is 13.1. The van der Waals surface area contributed by atoms with E-state index in [9.17, 15) is 17.8 Å². The maximum absolute atomic E-state index is 12.6. The molecule has 0 aliphatic carbocycles. The van der Waals surface area contributed by atoms with Gasteiger partial charge in [0.25, 0.3) is 16.0 Å². The second-order valence-corrected chi connectivity index (χ2v) is 7.93. The van der Waals surface area contributed by atoms with Crippen molar-refractivity contribution in [2.75, 3.05) is 4.90 Å². The van der Waals surface area contributed by atoms with Gasteiger partial charge in [-0.3, -0.25) is 14.2 Å². The Bertz CT molecular complexity index is 958. The molecule has 122 valence electrons. The van der Waals surface area contributed by atoms with Crippen LogP contribution in [0.25, 0.3) is 6.08 Å². The number of hydrogen-bond donors (Lipinski definition) is 1. The van der Waals surface area contributed by atoms with Crippen LogP contribution in [0.4, 0.5) is 5.69 Å². The summed E-state index contributed by atoms with van der Waals surface area (Å²) in [5.41, 5.74) is 0.875. The summed E-state index contributed by atoms with van der Waals surface area (Å²) in [6.07, 6.45) is 1.42. The third-order valence-corrected chi connectivity index (χ3v) is 5.52. The van der Waals surface area contributed by atoms with E-state index in [0.29, 0.717) is 14.9 Å². The molecule has 3 rings (SSSR count). The minimum atomic E-state index is -4.38. The molecule has 0 radical (unpaired) electrons. The number of benzene rings is 2. The second-order valence-electron chi connectivity index (χ2n) is 4.87. The van der Waals surface area contributed by atoms with Crippen molar-refractivity contribution in [3.8, 4) is 0 Å². The van der Waals surface area contributed by atoms with Crippen molar-refractivity contribution in [1.82, 2.24) is 0 Å². The van der Waals surface area contributed by atoms with Crippen LogP contribution in [0.15, 0.2) is 64.4 Å². The Labute approximate surface area is 177 Å². The summed E-state index contributed by atoms with van der Waals surface area (Å²) < 4.78 is 32.6. The molecule has 1 N–H and O–H groups in total. The minimum Gasteiger partial charge on any atom is -0.282 e. The monoisotopic (exact) mass is 400 g/mol. The summed E-state index contributed by atoms with van der Waals surface area (Å²) in [6.45, 7) is 0. The number of nitrogens with zero attached hydrogens (tertiary/aromatic N) is 1. The number of anilines is 1. The third kappa shape index (κ3) is 4.40. The van der Waals surface area contributed by atoms with Crippen LogP contribution in [0.1, 0.15) is 5.56 Å². The van der Waals surface area contributed by atoms with Crippen molar-refractivity contribution in [3.63, 3.8) is 0 Å². The number of para-hydroxylation sites is 1. The van der Waals surface area contributed by atoms with E-state index in [1.807, 2.05) is 6.07 Å². The largest absolute Gasteiger partial charge is 1.00 e. The van der Waals surface area contributed by atoms with E-state index in [0.717, 1.165) is 11.8 Å². The van der Waals surface area contributed by atoms with Gasteiger partial charge in [0, 0.05) is 0 Å². The van der Waals surface area contributed by atoms with E-state index in [1.54, 1.807) is 30.3 Å². The SMILES string of the molecule is O=C1/C(=C\c2ccccc2S(=O)(=O)O)SC(=S)N1c1ccccc1.[Na+]. The van der Waals surface area contributed by atoms with Crippen molar-refractivity contribution >= 4 is 56.1 Å². The average molecular weight is 400 g/mol. The quantitative estimate of drug-likeness (QED) is 0.347. The zero-order chi connectivity index (χ0) is 17.3. The maximum Gasteiger partial charge on any atom is 1.00 e. The van der Waals surface area contributed by atoms with Gasteiger partial charge in [-0.25, -0.2) is 0 Å². The van der Waals surface area contributed by atoms with Crippen LogP contribution >= 0.6 is 24.0 Å². The van der Waals surface area contributed by atoms with Crippen molar-refractivity contribution in [3.05, 3.63) is 65.1 Å². The fourth-order valence-corrected chi connectivity index (χ4v) is 4.21. The normalized spacial score (nSPS) is 16.2. The van der Waals surface area contributed by atoms with Gasteiger partial charge >= 0.3 is 29.6 Å². The molecule has 2 aromatic rings. The third-order valence-electron chi connectivity index (χ3n) is 3.29. The number of hydrogen-bond acceptors (Lipinski definition) is 5. The number of rotatable bonds is 3. The summed E-state index contributed by atoms with van der Waals surface area (Å²) in [4.78, 5) is 14.0. The molecular weight excluding hydrogens is 389 g/mol. The summed E-state index contributed by atoms with van der Waals surface area (Å²) in [5, 5.41) is 0. The van der Waals surface area contributed by atoms with E-state index in [-0.39, 0.29) is 45.9 Å². The Kier molecular flexibility index (Phi) is 6.61. The number of carbonyl (C=O) groups is 1. The van der Waals surface area contributed by atoms with Crippen molar-refractivity contribution < 1.29 is 47.3 Å². The molecule has 0 unspecified atom stereocenters. The van der Waals surface area contributed by atoms with E-state index in [4.69, 9.17) is 12.2 Å². The van der Waals surface area contributed by atoms with Crippen LogP contribution in [-0.4, -0.2) is 23.2 Å². The number of carbonyl (C=O) groups excluding carboxylic acids is 1. The van der Waals surface area contributed by atoms with Gasteiger partial charge in [-0.2, -0.15) is 8.42 Å². The molecule has 1 aliphatic heterocycles. The maximum atomic E-state index is 12.6. The molecule has 0 spiro atoms. The molecule has 1 fully saturated rings. The van der Waals surface area contributed by atoms with Gasteiger partial charge in [-0.15, -0.1) is 0 Å². The fourth-order valence-electron chi connectivity index (χ4n) is 2.24. The van der Waals surface area contributed by atoms with Gasteiger partial charge in [0.15, 0.2) is 4.32 Å². The van der Waals surface area contributed by atoms with Crippen LogP contribution in [0.3, 0.4) is 0 Å². The summed E-state index contributed by atoms with van der Waals surface area (Å²) >= 11 is 6.34. The number of amides is 1. The summed E-state index contributed by atoms with van der Waals surface area (Å²) in [6, 6.07) is 14.9. The molecule has 1 aliphatic rings. The molecular formula is C16H11NNaO4S3+. The molecule has 0 aromatic heterocycles. The fraction of sp³-hybridized carbons (Fsp3) is 0. The number of thioether (sulfide) groups is 1. The van der Waals surface area contributed by atoms with Crippen LogP contribution in [0.2, 0.25) is 0 Å². The summed E-state index contributed by atoms with van der Waals surface area (Å²) in [5.74, 6) is -0.332. The molecule has 5 nitrogen and oxygen atoms in total. The minimum absolute atomic E-state index is 0. The molecule has 2 aromatic carbocycles. The van der Waals surface area contributed by atoms with Gasteiger partial charge in [0.2, 0.25) is 0 Å². The van der Waals surface area contributed by atoms with Gasteiger partial charge in [-0.1, -0.05) is 60.4 Å². The molecule has 9 heteroatoms. The van der Waals surface area contributed by atoms with Gasteiger partial charge in [0.05, 0.1) is 10.6 Å². The first-order valence-electron chi connectivity index (χ1n) is 6.77. The van der Waals surface area contributed by atoms with Crippen LogP contribution < -0.4 is 34.5 Å². The molecule has 1 heterocycles. The first-order valence-corrected chi connectivity index (χ1v) is 9.44. The van der Waals surface area contributed by atoms with E-state index in [1.165, 1.54) is 29.2 Å². The first kappa shape index (κ1) is 20.3. The van der Waals surface area contributed by atoms with Crippen molar-refractivity contribution in [1.29, 1.82) is 0 Å². The van der Waals surface area contributed by atoms with Gasteiger partial charge in [-0.05, 0) is 29.8 Å². The van der Waals surface area contributed by atoms with E-state index < -0.39 is 10.1 Å². The Morgan fingerprint density at radius 1 is 1.04 bits per heavy atom. The Morgan fingerprint density at radius 2 is 1.64 bits per heavy atom. The second kappa shape index (κ2) is 8.13. The molecule has 25 heavy (non-hydrogen) atoms. The molecule has 1 saturated heterocycles. The van der Waals surface area contributed by atoms with Crippen LogP contribution in [-0.2, 0) is 14.9 Å². The van der Waals surface area contributed by atoms with Gasteiger partial charge in [0.1, 0.15) is 4.90 Å². The number of thiocarbonyl (C=S) groups is 1. The first-order chi connectivity index (χ1) is 11.4. The van der Waals surface area contributed by atoms with Crippen LogP contribution in [0.5, 0.6) is 0 Å². The molecule has 0 bridgehead atoms. The predicted octanol–water partition coefficient (Wildman–Crippen LogP) is 0.343. The summed E-state index contributed by atoms with van der Waals surface area (Å²) in [7, 11) is -4.38. The Hall–Kier alpha value is -1.000. The zero-order valence-corrected chi connectivity index (χ0v) is 17.6. The average Bonchev–Trinajstić information content (AvgIpc) is 2.82. The van der Waals surface area contributed by atoms with Gasteiger partial charge < -0.3 is 0 Å².